The molecule has 1 amide bonds. The van der Waals surface area contributed by atoms with E-state index in [1.54, 1.807) is 12.0 Å². The molecule has 1 heterocycles. The smallest absolute Gasteiger partial charge is 0.308 e. The molecule has 1 aliphatic rings. The van der Waals surface area contributed by atoms with Gasteiger partial charge in [0, 0.05) is 20.1 Å². The minimum atomic E-state index is -0.836. The summed E-state index contributed by atoms with van der Waals surface area (Å²) in [5, 5.41) is 9.12. The molecule has 0 radical (unpaired) electrons. The average Bonchev–Trinajstić information content (AvgIpc) is 2.55. The number of hydrogen-bond donors (Lipinski definition) is 1. The number of hydrogen-bond acceptors (Lipinski definition) is 3. The highest BCUT2D eigenvalue weighted by atomic mass is 16.5. The van der Waals surface area contributed by atoms with Crippen LogP contribution in [0.5, 0.6) is 0 Å². The molecule has 104 valence electrons. The molecule has 1 N–H and O–H groups in total. The highest BCUT2D eigenvalue weighted by Crippen LogP contribution is 2.34. The van der Waals surface area contributed by atoms with E-state index in [0.29, 0.717) is 26.0 Å². The van der Waals surface area contributed by atoms with Gasteiger partial charge in [0.15, 0.2) is 0 Å². The molecule has 0 aromatic rings. The molecule has 5 nitrogen and oxygen atoms in total. The van der Waals surface area contributed by atoms with Crippen LogP contribution in [0, 0.1) is 11.8 Å². The van der Waals surface area contributed by atoms with Crippen LogP contribution in [0.15, 0.2) is 0 Å². The summed E-state index contributed by atoms with van der Waals surface area (Å²) in [6.07, 6.45) is 0.908. The molecule has 0 unspecified atom stereocenters. The highest BCUT2D eigenvalue weighted by molar-refractivity contribution is 5.80. The molecule has 1 saturated heterocycles. The van der Waals surface area contributed by atoms with Gasteiger partial charge in [0.05, 0.1) is 18.1 Å². The molecule has 0 aromatic carbocycles. The quantitative estimate of drug-likeness (QED) is 0.807. The van der Waals surface area contributed by atoms with Crippen molar-refractivity contribution in [1.82, 2.24) is 4.90 Å². The molecule has 1 rings (SSSR count). The standard InChI is InChI=1S/C13H23NO4/c1-9(2)5-11(15)14-7-10(12(16)17)6-13(14,3)8-18-4/h9-10H,5-8H2,1-4H3,(H,16,17)/t10-,13-/m0/s1. The molecule has 0 spiro atoms. The summed E-state index contributed by atoms with van der Waals surface area (Å²) in [7, 11) is 1.57. The third-order valence-corrected chi connectivity index (χ3v) is 3.43. The first-order chi connectivity index (χ1) is 8.30. The first-order valence-corrected chi connectivity index (χ1v) is 6.32. The van der Waals surface area contributed by atoms with E-state index in [1.807, 2.05) is 20.8 Å². The minimum absolute atomic E-state index is 0.0216. The lowest BCUT2D eigenvalue weighted by molar-refractivity contribution is -0.141. The van der Waals surface area contributed by atoms with Crippen LogP contribution in [-0.2, 0) is 14.3 Å². The summed E-state index contributed by atoms with van der Waals surface area (Å²) in [5.41, 5.74) is -0.496. The van der Waals surface area contributed by atoms with Gasteiger partial charge in [0.25, 0.3) is 0 Å². The van der Waals surface area contributed by atoms with Crippen LogP contribution in [0.3, 0.4) is 0 Å². The lowest BCUT2D eigenvalue weighted by Crippen LogP contribution is -2.48. The van der Waals surface area contributed by atoms with Crippen molar-refractivity contribution in [1.29, 1.82) is 0 Å². The van der Waals surface area contributed by atoms with Crippen molar-refractivity contribution in [3.8, 4) is 0 Å². The number of likely N-dealkylation sites (tertiary alicyclic amines) is 1. The first-order valence-electron chi connectivity index (χ1n) is 6.32. The monoisotopic (exact) mass is 257 g/mol. The number of carbonyl (C=O) groups is 2. The summed E-state index contributed by atoms with van der Waals surface area (Å²) in [4.78, 5) is 25.0. The van der Waals surface area contributed by atoms with Gasteiger partial charge in [0.2, 0.25) is 5.91 Å². The summed E-state index contributed by atoms with van der Waals surface area (Å²) < 4.78 is 5.16. The Kier molecular flexibility index (Phi) is 4.73. The van der Waals surface area contributed by atoms with Crippen molar-refractivity contribution in [3.05, 3.63) is 0 Å². The Hall–Kier alpha value is -1.10. The Morgan fingerprint density at radius 2 is 2.11 bits per heavy atom. The van der Waals surface area contributed by atoms with Crippen LogP contribution >= 0.6 is 0 Å². The predicted octanol–water partition coefficient (Wildman–Crippen LogP) is 1.37. The zero-order valence-electron chi connectivity index (χ0n) is 11.6. The van der Waals surface area contributed by atoms with Gasteiger partial charge in [-0.15, -0.1) is 0 Å². The highest BCUT2D eigenvalue weighted by Gasteiger charge is 2.46. The van der Waals surface area contributed by atoms with E-state index < -0.39 is 17.4 Å². The Bertz CT molecular complexity index is 329. The fourth-order valence-electron chi connectivity index (χ4n) is 2.62. The van der Waals surface area contributed by atoms with E-state index in [2.05, 4.69) is 0 Å². The number of carboxylic acids is 1. The molecule has 18 heavy (non-hydrogen) atoms. The van der Waals surface area contributed by atoms with E-state index in [0.717, 1.165) is 0 Å². The lowest BCUT2D eigenvalue weighted by atomic mass is 9.94. The van der Waals surface area contributed by atoms with Crippen LogP contribution in [0.4, 0.5) is 0 Å². The van der Waals surface area contributed by atoms with Crippen LogP contribution in [0.25, 0.3) is 0 Å². The molecular formula is C13H23NO4. The van der Waals surface area contributed by atoms with Gasteiger partial charge < -0.3 is 14.7 Å². The second-order valence-corrected chi connectivity index (χ2v) is 5.77. The largest absolute Gasteiger partial charge is 0.481 e. The second-order valence-electron chi connectivity index (χ2n) is 5.77. The van der Waals surface area contributed by atoms with E-state index in [-0.39, 0.29) is 11.8 Å². The number of carboxylic acid groups (broad SMARTS) is 1. The maximum absolute atomic E-state index is 12.2. The number of nitrogens with zero attached hydrogens (tertiary/aromatic N) is 1. The average molecular weight is 257 g/mol. The summed E-state index contributed by atoms with van der Waals surface area (Å²) in [6.45, 7) is 6.53. The first kappa shape index (κ1) is 15.0. The van der Waals surface area contributed by atoms with Crippen molar-refractivity contribution < 1.29 is 19.4 Å². The van der Waals surface area contributed by atoms with Crippen molar-refractivity contribution in [3.63, 3.8) is 0 Å². The van der Waals surface area contributed by atoms with E-state index in [9.17, 15) is 9.59 Å². The Morgan fingerprint density at radius 3 is 2.56 bits per heavy atom. The third kappa shape index (κ3) is 3.22. The summed E-state index contributed by atoms with van der Waals surface area (Å²) in [6, 6.07) is 0. The summed E-state index contributed by atoms with van der Waals surface area (Å²) in [5.74, 6) is -1.03. The second kappa shape index (κ2) is 5.69. The molecule has 0 saturated carbocycles. The van der Waals surface area contributed by atoms with Crippen LogP contribution < -0.4 is 0 Å². The van der Waals surface area contributed by atoms with E-state index >= 15 is 0 Å². The molecular weight excluding hydrogens is 234 g/mol. The van der Waals surface area contributed by atoms with Gasteiger partial charge in [-0.05, 0) is 19.3 Å². The van der Waals surface area contributed by atoms with Gasteiger partial charge in [-0.1, -0.05) is 13.8 Å². The van der Waals surface area contributed by atoms with Crippen LogP contribution in [0.1, 0.15) is 33.6 Å². The number of amides is 1. The van der Waals surface area contributed by atoms with Gasteiger partial charge in [-0.3, -0.25) is 9.59 Å². The number of aliphatic carboxylic acids is 1. The zero-order chi connectivity index (χ0) is 13.9. The third-order valence-electron chi connectivity index (χ3n) is 3.43. The molecule has 1 fully saturated rings. The molecule has 5 heteroatoms. The Balaban J connectivity index is 2.85. The Labute approximate surface area is 108 Å². The van der Waals surface area contributed by atoms with Crippen LogP contribution in [-0.4, -0.2) is 47.7 Å². The minimum Gasteiger partial charge on any atom is -0.481 e. The molecule has 1 aliphatic heterocycles. The number of rotatable bonds is 5. The SMILES string of the molecule is COC[C@]1(C)C[C@H](C(=O)O)CN1C(=O)CC(C)C. The van der Waals surface area contributed by atoms with Crippen LogP contribution in [0.2, 0.25) is 0 Å². The Morgan fingerprint density at radius 1 is 1.50 bits per heavy atom. The number of ether oxygens (including phenoxy) is 1. The summed E-state index contributed by atoms with van der Waals surface area (Å²) >= 11 is 0. The van der Waals surface area contributed by atoms with Gasteiger partial charge in [0.1, 0.15) is 0 Å². The van der Waals surface area contributed by atoms with Gasteiger partial charge in [-0.25, -0.2) is 0 Å². The van der Waals surface area contributed by atoms with Gasteiger partial charge in [-0.2, -0.15) is 0 Å². The van der Waals surface area contributed by atoms with Crippen molar-refractivity contribution >= 4 is 11.9 Å². The topological polar surface area (TPSA) is 66.8 Å². The molecule has 2 atom stereocenters. The lowest BCUT2D eigenvalue weighted by Gasteiger charge is -2.35. The molecule has 0 aliphatic carbocycles. The normalized spacial score (nSPS) is 27.8. The van der Waals surface area contributed by atoms with Crippen molar-refractivity contribution in [2.45, 2.75) is 39.2 Å². The van der Waals surface area contributed by atoms with Crippen molar-refractivity contribution in [2.75, 3.05) is 20.3 Å². The number of methoxy groups -OCH3 is 1. The molecule has 0 bridgehead atoms. The molecule has 0 aromatic heterocycles. The fourth-order valence-corrected chi connectivity index (χ4v) is 2.62. The van der Waals surface area contributed by atoms with E-state index in [1.165, 1.54) is 0 Å². The number of carbonyl (C=O) groups excluding carboxylic acids is 1. The van der Waals surface area contributed by atoms with E-state index in [4.69, 9.17) is 9.84 Å². The van der Waals surface area contributed by atoms with Gasteiger partial charge >= 0.3 is 5.97 Å². The maximum Gasteiger partial charge on any atom is 0.308 e. The maximum atomic E-state index is 12.2. The van der Waals surface area contributed by atoms with Crippen molar-refractivity contribution in [2.24, 2.45) is 11.8 Å². The fraction of sp³-hybridized carbons (Fsp3) is 0.846. The zero-order valence-corrected chi connectivity index (χ0v) is 11.6. The predicted molar refractivity (Wildman–Crippen MR) is 67.2 cm³/mol.